The van der Waals surface area contributed by atoms with Crippen molar-refractivity contribution in [1.82, 2.24) is 19.6 Å². The zero-order valence-corrected chi connectivity index (χ0v) is 9.82. The van der Waals surface area contributed by atoms with E-state index in [4.69, 9.17) is 5.73 Å². The van der Waals surface area contributed by atoms with Crippen LogP contribution in [-0.4, -0.2) is 38.7 Å². The van der Waals surface area contributed by atoms with Crippen molar-refractivity contribution in [2.45, 2.75) is 19.4 Å². The van der Waals surface area contributed by atoms with Crippen LogP contribution in [0.25, 0.3) is 5.65 Å². The number of nitrogens with two attached hydrogens (primary N) is 1. The van der Waals surface area contributed by atoms with Crippen LogP contribution < -0.4 is 10.6 Å². The highest BCUT2D eigenvalue weighted by Gasteiger charge is 2.25. The topological polar surface area (TPSA) is 72.3 Å². The fraction of sp³-hybridized carbons (Fsp3) is 0.545. The second kappa shape index (κ2) is 3.96. The Morgan fingerprint density at radius 2 is 2.35 bits per heavy atom. The Morgan fingerprint density at radius 1 is 1.47 bits per heavy atom. The molecule has 3 heterocycles. The third-order valence-corrected chi connectivity index (χ3v) is 3.47. The van der Waals surface area contributed by atoms with E-state index >= 15 is 0 Å². The van der Waals surface area contributed by atoms with E-state index in [-0.39, 0.29) is 0 Å². The molecule has 0 bridgehead atoms. The summed E-state index contributed by atoms with van der Waals surface area (Å²) in [6.45, 7) is 4.05. The van der Waals surface area contributed by atoms with Gasteiger partial charge in [0.05, 0.1) is 0 Å². The molecule has 2 atom stereocenters. The maximum absolute atomic E-state index is 6.03. The fourth-order valence-electron chi connectivity index (χ4n) is 2.32. The van der Waals surface area contributed by atoms with Gasteiger partial charge in [0.25, 0.3) is 0 Å². The highest BCUT2D eigenvalue weighted by atomic mass is 15.3. The normalized spacial score (nSPS) is 25.4. The Labute approximate surface area is 99.5 Å². The molecule has 1 aliphatic rings. The van der Waals surface area contributed by atoms with Crippen LogP contribution >= 0.6 is 0 Å². The molecule has 6 nitrogen and oxygen atoms in total. The first-order valence-corrected chi connectivity index (χ1v) is 5.90. The number of aromatic nitrogens is 4. The highest BCUT2D eigenvalue weighted by molar-refractivity contribution is 5.63. The minimum absolute atomic E-state index is 0.295. The highest BCUT2D eigenvalue weighted by Crippen LogP contribution is 2.23. The summed E-state index contributed by atoms with van der Waals surface area (Å²) >= 11 is 0. The van der Waals surface area contributed by atoms with E-state index in [1.165, 1.54) is 0 Å². The maximum atomic E-state index is 6.03. The van der Waals surface area contributed by atoms with Crippen LogP contribution in [0.5, 0.6) is 0 Å². The molecule has 0 aromatic carbocycles. The van der Waals surface area contributed by atoms with Gasteiger partial charge in [-0.2, -0.15) is 0 Å². The van der Waals surface area contributed by atoms with Crippen LogP contribution in [0, 0.1) is 5.92 Å². The molecule has 0 aliphatic carbocycles. The molecule has 17 heavy (non-hydrogen) atoms. The summed E-state index contributed by atoms with van der Waals surface area (Å²) in [7, 11) is 0. The van der Waals surface area contributed by atoms with Crippen molar-refractivity contribution in [3.8, 4) is 0 Å². The Hall–Kier alpha value is -1.69. The van der Waals surface area contributed by atoms with Crippen LogP contribution in [0.15, 0.2) is 18.7 Å². The summed E-state index contributed by atoms with van der Waals surface area (Å²) in [4.78, 5) is 6.67. The zero-order valence-electron chi connectivity index (χ0n) is 9.82. The SMILES string of the molecule is CC1CN(c2nccn3cnnc23)CCC1N. The number of hydrogen-bond donors (Lipinski definition) is 1. The molecule has 0 amide bonds. The number of anilines is 1. The van der Waals surface area contributed by atoms with Gasteiger partial charge in [-0.25, -0.2) is 4.98 Å². The molecule has 1 aliphatic heterocycles. The average molecular weight is 232 g/mol. The molecule has 2 unspecified atom stereocenters. The molecule has 3 rings (SSSR count). The van der Waals surface area contributed by atoms with Crippen molar-refractivity contribution in [2.24, 2.45) is 11.7 Å². The number of hydrogen-bond acceptors (Lipinski definition) is 5. The van der Waals surface area contributed by atoms with Gasteiger partial charge >= 0.3 is 0 Å². The van der Waals surface area contributed by atoms with Crippen molar-refractivity contribution in [3.05, 3.63) is 18.7 Å². The summed E-state index contributed by atoms with van der Waals surface area (Å²) in [5.74, 6) is 1.39. The summed E-state index contributed by atoms with van der Waals surface area (Å²) in [5.41, 5.74) is 6.85. The average Bonchev–Trinajstić information content (AvgIpc) is 2.80. The summed E-state index contributed by atoms with van der Waals surface area (Å²) in [5, 5.41) is 8.03. The second-order valence-corrected chi connectivity index (χ2v) is 4.69. The Kier molecular flexibility index (Phi) is 2.44. The van der Waals surface area contributed by atoms with Gasteiger partial charge in [0.2, 0.25) is 5.65 Å². The predicted octanol–water partition coefficient (Wildman–Crippen LogP) is 0.298. The molecule has 2 aromatic heterocycles. The molecule has 90 valence electrons. The van der Waals surface area contributed by atoms with Gasteiger partial charge in [0, 0.05) is 31.5 Å². The van der Waals surface area contributed by atoms with Crippen molar-refractivity contribution in [1.29, 1.82) is 0 Å². The number of nitrogens with zero attached hydrogens (tertiary/aromatic N) is 5. The van der Waals surface area contributed by atoms with Crippen LogP contribution in [0.3, 0.4) is 0 Å². The first-order valence-electron chi connectivity index (χ1n) is 5.90. The standard InChI is InChI=1S/C11H16N6/c1-8-6-16(4-2-9(8)12)10-11-15-14-7-17(11)5-3-13-10/h3,5,7-9H,2,4,6,12H2,1H3. The predicted molar refractivity (Wildman–Crippen MR) is 64.8 cm³/mol. The lowest BCUT2D eigenvalue weighted by atomic mass is 9.95. The van der Waals surface area contributed by atoms with E-state index in [0.29, 0.717) is 12.0 Å². The van der Waals surface area contributed by atoms with E-state index in [0.717, 1.165) is 31.0 Å². The lowest BCUT2D eigenvalue weighted by Crippen LogP contribution is -2.46. The molecule has 2 aromatic rings. The lowest BCUT2D eigenvalue weighted by molar-refractivity contribution is 0.381. The van der Waals surface area contributed by atoms with Crippen molar-refractivity contribution in [2.75, 3.05) is 18.0 Å². The van der Waals surface area contributed by atoms with Gasteiger partial charge in [0.1, 0.15) is 6.33 Å². The molecule has 6 heteroatoms. The molecule has 2 N–H and O–H groups in total. The molecule has 1 fully saturated rings. The quantitative estimate of drug-likeness (QED) is 0.765. The lowest BCUT2D eigenvalue weighted by Gasteiger charge is -2.35. The van der Waals surface area contributed by atoms with Crippen molar-refractivity contribution < 1.29 is 0 Å². The Bertz CT molecular complexity index is 521. The number of rotatable bonds is 1. The summed E-state index contributed by atoms with van der Waals surface area (Å²) in [6.07, 6.45) is 6.33. The first kappa shape index (κ1) is 10.5. The molecule has 0 saturated carbocycles. The van der Waals surface area contributed by atoms with Gasteiger partial charge in [-0.15, -0.1) is 10.2 Å². The molecule has 1 saturated heterocycles. The number of piperidine rings is 1. The maximum Gasteiger partial charge on any atom is 0.203 e. The van der Waals surface area contributed by atoms with E-state index in [2.05, 4.69) is 27.0 Å². The minimum Gasteiger partial charge on any atom is -0.353 e. The largest absolute Gasteiger partial charge is 0.353 e. The van der Waals surface area contributed by atoms with Crippen LogP contribution in [0.2, 0.25) is 0 Å². The fourth-order valence-corrected chi connectivity index (χ4v) is 2.32. The van der Waals surface area contributed by atoms with Crippen LogP contribution in [0.4, 0.5) is 5.82 Å². The third-order valence-electron chi connectivity index (χ3n) is 3.47. The van der Waals surface area contributed by atoms with Gasteiger partial charge in [-0.3, -0.25) is 4.40 Å². The molecule has 0 radical (unpaired) electrons. The van der Waals surface area contributed by atoms with Crippen molar-refractivity contribution >= 4 is 11.5 Å². The monoisotopic (exact) mass is 232 g/mol. The first-order chi connectivity index (χ1) is 8.25. The van der Waals surface area contributed by atoms with Gasteiger partial charge in [-0.05, 0) is 12.3 Å². The molecular weight excluding hydrogens is 216 g/mol. The number of fused-ring (bicyclic) bond motifs is 1. The van der Waals surface area contributed by atoms with Gasteiger partial charge < -0.3 is 10.6 Å². The third kappa shape index (κ3) is 1.74. The molecular formula is C11H16N6. The summed E-state index contributed by atoms with van der Waals surface area (Å²) in [6, 6.07) is 0.295. The smallest absolute Gasteiger partial charge is 0.203 e. The van der Waals surface area contributed by atoms with Crippen LogP contribution in [-0.2, 0) is 0 Å². The van der Waals surface area contributed by atoms with Crippen LogP contribution in [0.1, 0.15) is 13.3 Å². The van der Waals surface area contributed by atoms with E-state index < -0.39 is 0 Å². The minimum atomic E-state index is 0.295. The van der Waals surface area contributed by atoms with E-state index in [1.54, 1.807) is 12.5 Å². The van der Waals surface area contributed by atoms with Gasteiger partial charge in [-0.1, -0.05) is 6.92 Å². The van der Waals surface area contributed by atoms with E-state index in [9.17, 15) is 0 Å². The molecule has 0 spiro atoms. The Morgan fingerprint density at radius 3 is 3.18 bits per heavy atom. The second-order valence-electron chi connectivity index (χ2n) is 4.69. The Balaban J connectivity index is 1.96. The summed E-state index contributed by atoms with van der Waals surface area (Å²) < 4.78 is 1.89. The van der Waals surface area contributed by atoms with Gasteiger partial charge in [0.15, 0.2) is 5.82 Å². The zero-order chi connectivity index (χ0) is 11.8. The van der Waals surface area contributed by atoms with E-state index in [1.807, 2.05) is 10.6 Å². The van der Waals surface area contributed by atoms with Crippen molar-refractivity contribution in [3.63, 3.8) is 0 Å².